The Morgan fingerprint density at radius 3 is 1.00 bits per heavy atom. The third-order valence-electron chi connectivity index (χ3n) is 5.27. The molecule has 3 rings (SSSR count). The van der Waals surface area contributed by atoms with E-state index < -0.39 is 8.60 Å². The monoisotopic (exact) mass is 496 g/mol. The molecule has 0 unspecified atom stereocenters. The summed E-state index contributed by atoms with van der Waals surface area (Å²) in [6, 6.07) is 11.0. The maximum atomic E-state index is 6.27. The molecule has 0 amide bonds. The number of aryl methyl sites for hydroxylation is 3. The highest BCUT2D eigenvalue weighted by Crippen LogP contribution is 2.47. The third-order valence-corrected chi connectivity index (χ3v) is 6.96. The van der Waals surface area contributed by atoms with Crippen molar-refractivity contribution < 1.29 is 13.6 Å². The van der Waals surface area contributed by atoms with Gasteiger partial charge in [-0.15, -0.1) is 0 Å². The summed E-state index contributed by atoms with van der Waals surface area (Å²) in [6.45, 7) is 11.8. The van der Waals surface area contributed by atoms with Crippen LogP contribution < -0.4 is 13.6 Å². The Morgan fingerprint density at radius 2 is 0.742 bits per heavy atom. The topological polar surface area (TPSA) is 27.7 Å². The van der Waals surface area contributed by atoms with Gasteiger partial charge in [0.15, 0.2) is 0 Å². The Balaban J connectivity index is 2.02. The fraction of sp³-hybridized carbons (Fsp3) is 0.250. The molecule has 3 nitrogen and oxygen atoms in total. The van der Waals surface area contributed by atoms with Crippen molar-refractivity contribution in [2.75, 3.05) is 0 Å². The maximum absolute atomic E-state index is 6.27. The Kier molecular flexibility index (Phi) is 7.65. The van der Waals surface area contributed by atoms with Gasteiger partial charge in [0, 0.05) is 15.1 Å². The molecule has 31 heavy (non-hydrogen) atoms. The molecule has 0 radical (unpaired) electrons. The average Bonchev–Trinajstić information content (AvgIpc) is 2.67. The average molecular weight is 498 g/mol. The quantitative estimate of drug-likeness (QED) is 0.318. The van der Waals surface area contributed by atoms with Gasteiger partial charge in [0.25, 0.3) is 0 Å². The van der Waals surface area contributed by atoms with E-state index in [4.69, 9.17) is 48.4 Å². The van der Waals surface area contributed by atoms with Crippen LogP contribution in [0.25, 0.3) is 0 Å². The number of halogens is 3. The molecule has 0 heterocycles. The molecule has 0 N–H and O–H groups in total. The van der Waals surface area contributed by atoms with Gasteiger partial charge in [-0.25, -0.2) is 0 Å². The summed E-state index contributed by atoms with van der Waals surface area (Å²) < 4.78 is 18.7. The summed E-state index contributed by atoms with van der Waals surface area (Å²) in [7, 11) is -1.89. The Hall–Kier alpha value is -1.64. The van der Waals surface area contributed by atoms with E-state index in [0.717, 1.165) is 33.4 Å². The highest BCUT2D eigenvalue weighted by molar-refractivity contribution is 7.43. The maximum Gasteiger partial charge on any atom is 0.530 e. The summed E-state index contributed by atoms with van der Waals surface area (Å²) in [4.78, 5) is 0. The second-order valence-electron chi connectivity index (χ2n) is 7.53. The van der Waals surface area contributed by atoms with Gasteiger partial charge in [-0.2, -0.15) is 0 Å². The van der Waals surface area contributed by atoms with Crippen LogP contribution in [0.15, 0.2) is 36.4 Å². The molecule has 0 aliphatic rings. The van der Waals surface area contributed by atoms with Gasteiger partial charge < -0.3 is 13.6 Å². The van der Waals surface area contributed by atoms with Gasteiger partial charge in [0.1, 0.15) is 17.2 Å². The molecule has 3 aromatic carbocycles. The highest BCUT2D eigenvalue weighted by atomic mass is 35.5. The van der Waals surface area contributed by atoms with Crippen molar-refractivity contribution in [1.29, 1.82) is 0 Å². The summed E-state index contributed by atoms with van der Waals surface area (Å²) in [5.41, 5.74) is 5.93. The van der Waals surface area contributed by atoms with Crippen molar-refractivity contribution in [2.24, 2.45) is 0 Å². The number of benzene rings is 3. The molecule has 0 bridgehead atoms. The summed E-state index contributed by atoms with van der Waals surface area (Å²) >= 11 is 18.8. The predicted octanol–water partition coefficient (Wildman–Crippen LogP) is 9.26. The lowest BCUT2D eigenvalue weighted by Crippen LogP contribution is -2.06. The molecular weight excluding hydrogens is 474 g/mol. The van der Waals surface area contributed by atoms with Gasteiger partial charge in [0.2, 0.25) is 0 Å². The summed E-state index contributed by atoms with van der Waals surface area (Å²) in [6.07, 6.45) is 0. The predicted molar refractivity (Wildman–Crippen MR) is 132 cm³/mol. The Bertz CT molecular complexity index is 990. The zero-order valence-corrected chi connectivity index (χ0v) is 21.4. The van der Waals surface area contributed by atoms with Crippen LogP contribution in [0.4, 0.5) is 0 Å². The first-order chi connectivity index (χ1) is 14.5. The zero-order chi connectivity index (χ0) is 22.9. The zero-order valence-electron chi connectivity index (χ0n) is 18.3. The molecule has 7 heteroatoms. The Labute approximate surface area is 200 Å². The second kappa shape index (κ2) is 9.88. The van der Waals surface area contributed by atoms with E-state index in [1.807, 2.05) is 59.7 Å². The molecule has 0 aliphatic carbocycles. The normalized spacial score (nSPS) is 11.0. The van der Waals surface area contributed by atoms with Gasteiger partial charge >= 0.3 is 8.60 Å². The fourth-order valence-corrected chi connectivity index (χ4v) is 4.89. The van der Waals surface area contributed by atoms with Crippen molar-refractivity contribution in [2.45, 2.75) is 41.5 Å². The van der Waals surface area contributed by atoms with E-state index in [1.165, 1.54) is 0 Å². The van der Waals surface area contributed by atoms with E-state index in [1.54, 1.807) is 18.2 Å². The third kappa shape index (κ3) is 5.79. The minimum absolute atomic E-state index is 0.581. The molecular formula is C24H24Cl3O3P. The van der Waals surface area contributed by atoms with Crippen molar-refractivity contribution in [3.63, 3.8) is 0 Å². The lowest BCUT2D eigenvalue weighted by atomic mass is 10.1. The number of rotatable bonds is 6. The Morgan fingerprint density at radius 1 is 0.484 bits per heavy atom. The van der Waals surface area contributed by atoms with Gasteiger partial charge in [-0.3, -0.25) is 0 Å². The van der Waals surface area contributed by atoms with Crippen molar-refractivity contribution >= 4 is 43.4 Å². The lowest BCUT2D eigenvalue weighted by molar-refractivity contribution is 0.384. The van der Waals surface area contributed by atoms with Gasteiger partial charge in [-0.1, -0.05) is 34.8 Å². The summed E-state index contributed by atoms with van der Waals surface area (Å²) in [5, 5.41) is 1.74. The van der Waals surface area contributed by atoms with Crippen LogP contribution in [0.3, 0.4) is 0 Å². The SMILES string of the molecule is Cc1cc(Cl)cc(OP(Oc2cc(Cl)cc(C)c2C)Oc2cc(Cl)cc(C)c2C)c1C. The first-order valence-corrected chi connectivity index (χ1v) is 11.9. The van der Waals surface area contributed by atoms with E-state index in [0.29, 0.717) is 32.3 Å². The van der Waals surface area contributed by atoms with Gasteiger partial charge in [0.05, 0.1) is 0 Å². The van der Waals surface area contributed by atoms with Crippen molar-refractivity contribution in [1.82, 2.24) is 0 Å². The largest absolute Gasteiger partial charge is 0.530 e. The van der Waals surface area contributed by atoms with Crippen LogP contribution in [0.1, 0.15) is 33.4 Å². The molecule has 0 saturated heterocycles. The first kappa shape index (κ1) is 24.0. The van der Waals surface area contributed by atoms with E-state index >= 15 is 0 Å². The first-order valence-electron chi connectivity index (χ1n) is 9.69. The number of hydrogen-bond acceptors (Lipinski definition) is 3. The highest BCUT2D eigenvalue weighted by Gasteiger charge is 2.24. The molecule has 3 aromatic rings. The van der Waals surface area contributed by atoms with Crippen molar-refractivity contribution in [3.05, 3.63) is 84.8 Å². The minimum atomic E-state index is -1.89. The lowest BCUT2D eigenvalue weighted by Gasteiger charge is -2.22. The second-order valence-corrected chi connectivity index (χ2v) is 9.84. The smallest absolute Gasteiger partial charge is 0.408 e. The minimum Gasteiger partial charge on any atom is -0.408 e. The van der Waals surface area contributed by atoms with Crippen LogP contribution in [0.2, 0.25) is 15.1 Å². The molecule has 0 spiro atoms. The van der Waals surface area contributed by atoms with Crippen LogP contribution in [0, 0.1) is 41.5 Å². The molecule has 0 atom stereocenters. The van der Waals surface area contributed by atoms with E-state index in [2.05, 4.69) is 0 Å². The fourth-order valence-electron chi connectivity index (χ4n) is 2.93. The molecule has 0 fully saturated rings. The van der Waals surface area contributed by atoms with Gasteiger partial charge in [-0.05, 0) is 111 Å². The summed E-state index contributed by atoms with van der Waals surface area (Å²) in [5.74, 6) is 1.80. The van der Waals surface area contributed by atoms with Crippen LogP contribution >= 0.6 is 43.4 Å². The standard InChI is InChI=1S/C24H24Cl3O3P/c1-13-7-19(25)10-22(16(13)4)28-31(29-23-11-20(26)8-14(2)17(23)5)30-24-12-21(27)9-15(3)18(24)6/h7-12H,1-6H3. The van der Waals surface area contributed by atoms with Crippen LogP contribution in [-0.4, -0.2) is 0 Å². The van der Waals surface area contributed by atoms with Crippen molar-refractivity contribution in [3.8, 4) is 17.2 Å². The van der Waals surface area contributed by atoms with Crippen LogP contribution in [0.5, 0.6) is 17.2 Å². The molecule has 164 valence electrons. The van der Waals surface area contributed by atoms with Crippen LogP contribution in [-0.2, 0) is 0 Å². The molecule has 0 saturated carbocycles. The number of hydrogen-bond donors (Lipinski definition) is 0. The molecule has 0 aromatic heterocycles. The molecule has 0 aliphatic heterocycles. The van der Waals surface area contributed by atoms with E-state index in [9.17, 15) is 0 Å². The van der Waals surface area contributed by atoms with E-state index in [-0.39, 0.29) is 0 Å².